The van der Waals surface area contributed by atoms with E-state index in [2.05, 4.69) is 9.97 Å². The minimum atomic E-state index is -0.287. The molecular weight excluding hydrogens is 217 g/mol. The summed E-state index contributed by atoms with van der Waals surface area (Å²) in [5.41, 5.74) is 8.65. The molecule has 3 nitrogen and oxygen atoms in total. The van der Waals surface area contributed by atoms with Gasteiger partial charge in [-0.25, -0.2) is 14.4 Å². The molecule has 17 heavy (non-hydrogen) atoms. The summed E-state index contributed by atoms with van der Waals surface area (Å²) in [7, 11) is 0. The molecule has 1 aromatic carbocycles. The van der Waals surface area contributed by atoms with E-state index in [0.717, 1.165) is 30.5 Å². The fraction of sp³-hybridized carbons (Fsp3) is 0.231. The molecule has 86 valence electrons. The molecule has 0 amide bonds. The fourth-order valence-corrected chi connectivity index (χ4v) is 2.22. The first kappa shape index (κ1) is 10.2. The lowest BCUT2D eigenvalue weighted by molar-refractivity contribution is 0.628. The van der Waals surface area contributed by atoms with Gasteiger partial charge in [0.1, 0.15) is 11.6 Å². The van der Waals surface area contributed by atoms with E-state index < -0.39 is 0 Å². The van der Waals surface area contributed by atoms with Crippen molar-refractivity contribution in [2.24, 2.45) is 0 Å². The molecule has 0 atom stereocenters. The van der Waals surface area contributed by atoms with Gasteiger partial charge in [0, 0.05) is 16.8 Å². The third kappa shape index (κ3) is 1.75. The van der Waals surface area contributed by atoms with Crippen LogP contribution in [0.2, 0.25) is 0 Å². The van der Waals surface area contributed by atoms with E-state index in [1.807, 2.05) is 0 Å². The number of nitrogen functional groups attached to an aromatic ring is 1. The van der Waals surface area contributed by atoms with Crippen LogP contribution in [0.4, 0.5) is 10.2 Å². The van der Waals surface area contributed by atoms with Crippen molar-refractivity contribution in [1.82, 2.24) is 9.97 Å². The Morgan fingerprint density at radius 3 is 2.88 bits per heavy atom. The van der Waals surface area contributed by atoms with Gasteiger partial charge in [0.25, 0.3) is 0 Å². The fourth-order valence-electron chi connectivity index (χ4n) is 2.22. The SMILES string of the molecule is Nc1nc(-c2cccc(F)c2)nc2c1CCC2. The van der Waals surface area contributed by atoms with Gasteiger partial charge in [0.2, 0.25) is 0 Å². The number of fused-ring (bicyclic) bond motifs is 1. The highest BCUT2D eigenvalue weighted by molar-refractivity contribution is 5.59. The first-order valence-electron chi connectivity index (χ1n) is 5.65. The summed E-state index contributed by atoms with van der Waals surface area (Å²) >= 11 is 0. The Kier molecular flexibility index (Phi) is 2.28. The highest BCUT2D eigenvalue weighted by Gasteiger charge is 2.18. The minimum Gasteiger partial charge on any atom is -0.383 e. The van der Waals surface area contributed by atoms with Gasteiger partial charge in [-0.15, -0.1) is 0 Å². The highest BCUT2D eigenvalue weighted by Crippen LogP contribution is 2.27. The van der Waals surface area contributed by atoms with Crippen LogP contribution in [0.5, 0.6) is 0 Å². The maximum Gasteiger partial charge on any atom is 0.161 e. The van der Waals surface area contributed by atoms with Crippen LogP contribution in [0.3, 0.4) is 0 Å². The number of hydrogen-bond donors (Lipinski definition) is 1. The quantitative estimate of drug-likeness (QED) is 0.816. The molecule has 0 saturated heterocycles. The molecule has 2 aromatic rings. The molecule has 3 rings (SSSR count). The van der Waals surface area contributed by atoms with Gasteiger partial charge in [-0.3, -0.25) is 0 Å². The lowest BCUT2D eigenvalue weighted by Gasteiger charge is -2.06. The summed E-state index contributed by atoms with van der Waals surface area (Å²) in [4.78, 5) is 8.72. The third-order valence-corrected chi connectivity index (χ3v) is 3.05. The number of aromatic nitrogens is 2. The maximum absolute atomic E-state index is 13.1. The molecule has 0 radical (unpaired) electrons. The number of anilines is 1. The zero-order valence-electron chi connectivity index (χ0n) is 9.28. The van der Waals surface area contributed by atoms with Crippen molar-refractivity contribution in [2.45, 2.75) is 19.3 Å². The van der Waals surface area contributed by atoms with Crippen molar-refractivity contribution in [3.8, 4) is 11.4 Å². The predicted molar refractivity (Wildman–Crippen MR) is 63.9 cm³/mol. The molecular formula is C13H12FN3. The Morgan fingerprint density at radius 1 is 1.18 bits per heavy atom. The largest absolute Gasteiger partial charge is 0.383 e. The van der Waals surface area contributed by atoms with E-state index in [9.17, 15) is 4.39 Å². The van der Waals surface area contributed by atoms with Gasteiger partial charge in [-0.2, -0.15) is 0 Å². The molecule has 1 aliphatic carbocycles. The molecule has 0 unspecified atom stereocenters. The Hall–Kier alpha value is -1.97. The number of hydrogen-bond acceptors (Lipinski definition) is 3. The van der Waals surface area contributed by atoms with E-state index in [1.165, 1.54) is 12.1 Å². The average molecular weight is 229 g/mol. The van der Waals surface area contributed by atoms with Crippen LogP contribution in [0.15, 0.2) is 24.3 Å². The third-order valence-electron chi connectivity index (χ3n) is 3.05. The number of rotatable bonds is 1. The van der Waals surface area contributed by atoms with Crippen LogP contribution in [-0.2, 0) is 12.8 Å². The zero-order valence-corrected chi connectivity index (χ0v) is 9.28. The number of halogens is 1. The lowest BCUT2D eigenvalue weighted by atomic mass is 10.2. The molecule has 0 fully saturated rings. The van der Waals surface area contributed by atoms with Crippen molar-refractivity contribution >= 4 is 5.82 Å². The first-order chi connectivity index (χ1) is 8.24. The smallest absolute Gasteiger partial charge is 0.161 e. The Labute approximate surface area is 98.5 Å². The molecule has 1 aliphatic rings. The molecule has 0 spiro atoms. The number of benzene rings is 1. The van der Waals surface area contributed by atoms with Crippen molar-refractivity contribution in [3.05, 3.63) is 41.3 Å². The van der Waals surface area contributed by atoms with Crippen molar-refractivity contribution in [3.63, 3.8) is 0 Å². The maximum atomic E-state index is 13.1. The van der Waals surface area contributed by atoms with E-state index in [4.69, 9.17) is 5.73 Å². The number of aryl methyl sites for hydroxylation is 1. The van der Waals surface area contributed by atoms with Gasteiger partial charge in [-0.1, -0.05) is 12.1 Å². The summed E-state index contributed by atoms with van der Waals surface area (Å²) in [6.45, 7) is 0. The second-order valence-corrected chi connectivity index (χ2v) is 4.22. The van der Waals surface area contributed by atoms with Gasteiger partial charge in [-0.05, 0) is 31.4 Å². The van der Waals surface area contributed by atoms with Crippen LogP contribution >= 0.6 is 0 Å². The van der Waals surface area contributed by atoms with Crippen molar-refractivity contribution < 1.29 is 4.39 Å². The standard InChI is InChI=1S/C13H12FN3/c14-9-4-1-3-8(7-9)13-16-11-6-2-5-10(11)12(15)17-13/h1,3-4,7H,2,5-6H2,(H2,15,16,17). The first-order valence-corrected chi connectivity index (χ1v) is 5.65. The van der Waals surface area contributed by atoms with Gasteiger partial charge in [0.05, 0.1) is 0 Å². The summed E-state index contributed by atoms with van der Waals surface area (Å²) in [5, 5.41) is 0. The van der Waals surface area contributed by atoms with E-state index >= 15 is 0 Å². The molecule has 1 aromatic heterocycles. The van der Waals surface area contributed by atoms with Gasteiger partial charge in [0.15, 0.2) is 5.82 Å². The summed E-state index contributed by atoms with van der Waals surface area (Å²) in [6, 6.07) is 6.27. The molecule has 0 saturated carbocycles. The molecule has 1 heterocycles. The van der Waals surface area contributed by atoms with E-state index in [1.54, 1.807) is 12.1 Å². The molecule has 0 bridgehead atoms. The van der Waals surface area contributed by atoms with E-state index in [-0.39, 0.29) is 5.82 Å². The highest BCUT2D eigenvalue weighted by atomic mass is 19.1. The second-order valence-electron chi connectivity index (χ2n) is 4.22. The van der Waals surface area contributed by atoms with Crippen molar-refractivity contribution in [1.29, 1.82) is 0 Å². The summed E-state index contributed by atoms with van der Waals surface area (Å²) in [5.74, 6) is 0.764. The Morgan fingerprint density at radius 2 is 2.06 bits per heavy atom. The molecule has 0 aliphatic heterocycles. The second kappa shape index (κ2) is 3.80. The van der Waals surface area contributed by atoms with Crippen LogP contribution < -0.4 is 5.73 Å². The lowest BCUT2D eigenvalue weighted by Crippen LogP contribution is -2.02. The Bertz CT molecular complexity index is 581. The molecule has 2 N–H and O–H groups in total. The van der Waals surface area contributed by atoms with Gasteiger partial charge < -0.3 is 5.73 Å². The van der Waals surface area contributed by atoms with Crippen LogP contribution in [0.1, 0.15) is 17.7 Å². The average Bonchev–Trinajstić information content (AvgIpc) is 2.77. The van der Waals surface area contributed by atoms with Crippen molar-refractivity contribution in [2.75, 3.05) is 5.73 Å². The number of nitrogens with two attached hydrogens (primary N) is 1. The number of nitrogens with zero attached hydrogens (tertiary/aromatic N) is 2. The zero-order chi connectivity index (χ0) is 11.8. The molecule has 4 heteroatoms. The van der Waals surface area contributed by atoms with Crippen LogP contribution in [0.25, 0.3) is 11.4 Å². The summed E-state index contributed by atoms with van der Waals surface area (Å²) < 4.78 is 13.1. The Balaban J connectivity index is 2.13. The topological polar surface area (TPSA) is 51.8 Å². The van der Waals surface area contributed by atoms with Crippen LogP contribution in [0, 0.1) is 5.82 Å². The summed E-state index contributed by atoms with van der Waals surface area (Å²) in [6.07, 6.45) is 2.95. The van der Waals surface area contributed by atoms with Gasteiger partial charge >= 0.3 is 0 Å². The monoisotopic (exact) mass is 229 g/mol. The predicted octanol–water partition coefficient (Wildman–Crippen LogP) is 2.35. The normalized spacial score (nSPS) is 13.7. The minimum absolute atomic E-state index is 0.287. The van der Waals surface area contributed by atoms with E-state index in [0.29, 0.717) is 17.2 Å². The van der Waals surface area contributed by atoms with Crippen LogP contribution in [-0.4, -0.2) is 9.97 Å².